The maximum atomic E-state index is 11.5. The molecule has 0 heterocycles. The molecule has 0 spiro atoms. The van der Waals surface area contributed by atoms with Gasteiger partial charge in [0.15, 0.2) is 6.10 Å². The molecule has 5 heteroatoms. The molecule has 1 aromatic carbocycles. The lowest BCUT2D eigenvalue weighted by molar-refractivity contribution is -0.145. The molecule has 0 saturated heterocycles. The minimum Gasteiger partial charge on any atom is -0.479 e. The van der Waals surface area contributed by atoms with Crippen LogP contribution in [-0.2, 0) is 20.7 Å². The van der Waals surface area contributed by atoms with E-state index in [4.69, 9.17) is 4.74 Å². The highest BCUT2D eigenvalue weighted by Gasteiger charge is 2.20. The molecule has 1 N–H and O–H groups in total. The summed E-state index contributed by atoms with van der Waals surface area (Å²) in [7, 11) is 1.37. The third kappa shape index (κ3) is 8.76. The van der Waals surface area contributed by atoms with Crippen molar-refractivity contribution in [2.45, 2.75) is 71.3 Å². The smallest absolute Gasteiger partial charge is 0.344 e. The molecule has 1 unspecified atom stereocenters. The number of carbonyl (C=O) groups is 2. The molecule has 0 saturated carbocycles. The third-order valence-corrected chi connectivity index (χ3v) is 4.44. The first-order chi connectivity index (χ1) is 13.1. The number of rotatable bonds is 9. The molecule has 150 valence electrons. The van der Waals surface area contributed by atoms with E-state index in [2.05, 4.69) is 10.8 Å². The van der Waals surface area contributed by atoms with E-state index in [0.29, 0.717) is 25.0 Å². The van der Waals surface area contributed by atoms with E-state index >= 15 is 0 Å². The molecular formula is C22H32O5. The molecule has 0 radical (unpaired) electrons. The number of carboxylic acids is 1. The summed E-state index contributed by atoms with van der Waals surface area (Å²) < 4.78 is 10.3. The van der Waals surface area contributed by atoms with Gasteiger partial charge in [-0.1, -0.05) is 37.6 Å². The van der Waals surface area contributed by atoms with Gasteiger partial charge in [-0.15, -0.1) is 0 Å². The summed E-state index contributed by atoms with van der Waals surface area (Å²) >= 11 is 0. The van der Waals surface area contributed by atoms with Crippen molar-refractivity contribution < 1.29 is 24.2 Å². The lowest BCUT2D eigenvalue weighted by atomic mass is 9.95. The first-order valence-electron chi connectivity index (χ1n) is 9.81. The Labute approximate surface area is 162 Å². The van der Waals surface area contributed by atoms with Gasteiger partial charge in [-0.2, -0.15) is 0 Å². The van der Waals surface area contributed by atoms with Crippen LogP contribution >= 0.6 is 0 Å². The zero-order chi connectivity index (χ0) is 20.1. The number of esters is 1. The van der Waals surface area contributed by atoms with Crippen LogP contribution < -0.4 is 4.74 Å². The highest BCUT2D eigenvalue weighted by Crippen LogP contribution is 2.23. The maximum Gasteiger partial charge on any atom is 0.344 e. The maximum absolute atomic E-state index is 11.5. The topological polar surface area (TPSA) is 72.8 Å². The molecule has 1 aliphatic carbocycles. The molecule has 5 nitrogen and oxygen atoms in total. The Balaban J connectivity index is 0.00000176. The van der Waals surface area contributed by atoms with E-state index in [-0.39, 0.29) is 5.97 Å². The van der Waals surface area contributed by atoms with Gasteiger partial charge in [-0.25, -0.2) is 4.79 Å². The Bertz CT molecular complexity index is 604. The average Bonchev–Trinajstić information content (AvgIpc) is 2.72. The van der Waals surface area contributed by atoms with Crippen LogP contribution in [0.3, 0.4) is 0 Å². The third-order valence-electron chi connectivity index (χ3n) is 4.44. The molecule has 1 atom stereocenters. The fraction of sp³-hybridized carbons (Fsp3) is 0.545. The zero-order valence-corrected chi connectivity index (χ0v) is 16.7. The molecule has 2 rings (SSSR count). The van der Waals surface area contributed by atoms with Gasteiger partial charge >= 0.3 is 11.9 Å². The molecular weight excluding hydrogens is 344 g/mol. The van der Waals surface area contributed by atoms with Gasteiger partial charge in [0.05, 0.1) is 7.11 Å². The summed E-state index contributed by atoms with van der Waals surface area (Å²) in [6.07, 6.45) is 8.14. The van der Waals surface area contributed by atoms with Crippen LogP contribution in [0.1, 0.15) is 64.4 Å². The van der Waals surface area contributed by atoms with Gasteiger partial charge in [0.25, 0.3) is 0 Å². The van der Waals surface area contributed by atoms with Crippen molar-refractivity contribution in [2.24, 2.45) is 0 Å². The lowest BCUT2D eigenvalue weighted by Gasteiger charge is -2.18. The lowest BCUT2D eigenvalue weighted by Crippen LogP contribution is -2.27. The van der Waals surface area contributed by atoms with Crippen LogP contribution in [0.4, 0.5) is 0 Å². The molecule has 27 heavy (non-hydrogen) atoms. The van der Waals surface area contributed by atoms with Gasteiger partial charge in [0.2, 0.25) is 0 Å². The van der Waals surface area contributed by atoms with Crippen molar-refractivity contribution in [3.05, 3.63) is 41.5 Å². The summed E-state index contributed by atoms with van der Waals surface area (Å²) in [5, 5.41) is 9.40. The monoisotopic (exact) mass is 376 g/mol. The van der Waals surface area contributed by atoms with Crippen LogP contribution in [0.5, 0.6) is 5.75 Å². The number of hydrogen-bond donors (Lipinski definition) is 1. The first-order valence-corrected chi connectivity index (χ1v) is 9.81. The summed E-state index contributed by atoms with van der Waals surface area (Å²) in [4.78, 5) is 22.6. The average molecular weight is 376 g/mol. The van der Waals surface area contributed by atoms with Crippen molar-refractivity contribution in [1.82, 2.24) is 0 Å². The van der Waals surface area contributed by atoms with Crippen LogP contribution in [0.2, 0.25) is 0 Å². The van der Waals surface area contributed by atoms with Crippen molar-refractivity contribution in [1.29, 1.82) is 0 Å². The molecule has 0 amide bonds. The number of ether oxygens (including phenoxy) is 2. The quantitative estimate of drug-likeness (QED) is 0.488. The second-order valence-electron chi connectivity index (χ2n) is 6.31. The van der Waals surface area contributed by atoms with E-state index in [0.717, 1.165) is 24.8 Å². The van der Waals surface area contributed by atoms with E-state index in [9.17, 15) is 14.7 Å². The predicted octanol–water partition coefficient (Wildman–Crippen LogP) is 4.93. The molecule has 0 aromatic heterocycles. The van der Waals surface area contributed by atoms with Gasteiger partial charge in [-0.3, -0.25) is 4.79 Å². The number of hydrogen-bond acceptors (Lipinski definition) is 4. The fourth-order valence-corrected chi connectivity index (χ4v) is 2.93. The van der Waals surface area contributed by atoms with Crippen LogP contribution in [0, 0.1) is 0 Å². The highest BCUT2D eigenvalue weighted by molar-refractivity contribution is 5.72. The number of carboxylic acid groups (broad SMARTS) is 1. The highest BCUT2D eigenvalue weighted by atomic mass is 16.5. The SMILES string of the molecule is CC.COC(=O)CCc1ccc(OC(CCC2=CCCCC2)C(=O)O)cc1. The van der Waals surface area contributed by atoms with Gasteiger partial charge in [0.1, 0.15) is 5.75 Å². The van der Waals surface area contributed by atoms with E-state index in [1.807, 2.05) is 26.0 Å². The summed E-state index contributed by atoms with van der Waals surface area (Å²) in [5.74, 6) is -0.652. The number of carbonyl (C=O) groups excluding carboxylic acids is 1. The Morgan fingerprint density at radius 3 is 2.37 bits per heavy atom. The van der Waals surface area contributed by atoms with Gasteiger partial charge < -0.3 is 14.6 Å². The second-order valence-corrected chi connectivity index (χ2v) is 6.31. The Morgan fingerprint density at radius 2 is 1.81 bits per heavy atom. The van der Waals surface area contributed by atoms with Crippen molar-refractivity contribution in [3.63, 3.8) is 0 Å². The molecule has 1 aromatic rings. The summed E-state index contributed by atoms with van der Waals surface area (Å²) in [5.41, 5.74) is 2.33. The minimum absolute atomic E-state index is 0.247. The number of methoxy groups -OCH3 is 1. The van der Waals surface area contributed by atoms with Crippen LogP contribution in [0.15, 0.2) is 35.9 Å². The molecule has 0 bridgehead atoms. The van der Waals surface area contributed by atoms with E-state index in [1.54, 1.807) is 12.1 Å². The Hall–Kier alpha value is -2.30. The Kier molecular flexibility index (Phi) is 10.9. The standard InChI is InChI=1S/C20H26O5.C2H6/c1-24-19(21)14-10-16-7-11-17(12-8-16)25-18(20(22)23)13-9-15-5-3-2-4-6-15;1-2/h5,7-8,11-12,18H,2-4,6,9-10,13-14H2,1H3,(H,22,23);1-2H3. The predicted molar refractivity (Wildman–Crippen MR) is 106 cm³/mol. The Morgan fingerprint density at radius 1 is 1.11 bits per heavy atom. The zero-order valence-electron chi connectivity index (χ0n) is 16.7. The normalized spacial score (nSPS) is 14.3. The number of benzene rings is 1. The summed E-state index contributed by atoms with van der Waals surface area (Å²) in [6, 6.07) is 7.20. The second kappa shape index (κ2) is 13.0. The molecule has 0 aliphatic heterocycles. The van der Waals surface area contributed by atoms with Gasteiger partial charge in [0, 0.05) is 6.42 Å². The van der Waals surface area contributed by atoms with Crippen molar-refractivity contribution >= 4 is 11.9 Å². The largest absolute Gasteiger partial charge is 0.479 e. The van der Waals surface area contributed by atoms with Crippen molar-refractivity contribution in [3.8, 4) is 5.75 Å². The fourth-order valence-electron chi connectivity index (χ4n) is 2.93. The first kappa shape index (κ1) is 22.7. The van der Waals surface area contributed by atoms with E-state index < -0.39 is 12.1 Å². The van der Waals surface area contributed by atoms with E-state index in [1.165, 1.54) is 25.5 Å². The number of aliphatic carboxylic acids is 1. The minimum atomic E-state index is -0.939. The summed E-state index contributed by atoms with van der Waals surface area (Å²) in [6.45, 7) is 4.00. The number of allylic oxidation sites excluding steroid dienone is 2. The van der Waals surface area contributed by atoms with Crippen LogP contribution in [-0.4, -0.2) is 30.3 Å². The number of aryl methyl sites for hydroxylation is 1. The molecule has 1 aliphatic rings. The van der Waals surface area contributed by atoms with Gasteiger partial charge in [-0.05, 0) is 62.6 Å². The molecule has 0 fully saturated rings. The van der Waals surface area contributed by atoms with Crippen LogP contribution in [0.25, 0.3) is 0 Å². The van der Waals surface area contributed by atoms with Crippen molar-refractivity contribution in [2.75, 3.05) is 7.11 Å².